The summed E-state index contributed by atoms with van der Waals surface area (Å²) in [5.74, 6) is 0.822. The first-order valence-corrected chi connectivity index (χ1v) is 14.6. The topological polar surface area (TPSA) is 65.1 Å². The van der Waals surface area contributed by atoms with Gasteiger partial charge in [-0.15, -0.1) is 0 Å². The number of aryl methyl sites for hydroxylation is 2. The van der Waals surface area contributed by atoms with E-state index >= 15 is 0 Å². The molecule has 0 aliphatic carbocycles. The summed E-state index contributed by atoms with van der Waals surface area (Å²) in [7, 11) is 1.64. The number of anilines is 3. The number of carbonyl (C=O) groups excluding carboxylic acids is 2. The average Bonchev–Trinajstić information content (AvgIpc) is 3.06. The smallest absolute Gasteiger partial charge is 0.497 e. The lowest BCUT2D eigenvalue weighted by Gasteiger charge is -2.26. The maximum absolute atomic E-state index is 11.9. The Morgan fingerprint density at radius 2 is 1.07 bits per heavy atom. The van der Waals surface area contributed by atoms with Crippen LogP contribution in [0.4, 0.5) is 21.9 Å². The number of Topliss-reactive ketones (excluding diaryl/α,β-unsaturated/α-hetero) is 1. The van der Waals surface area contributed by atoms with Crippen LogP contribution in [-0.4, -0.2) is 25.7 Å². The van der Waals surface area contributed by atoms with Crippen molar-refractivity contribution in [3.05, 3.63) is 149 Å². The van der Waals surface area contributed by atoms with E-state index in [2.05, 4.69) is 97.6 Å². The third-order valence-electron chi connectivity index (χ3n) is 7.21. The van der Waals surface area contributed by atoms with Gasteiger partial charge in [0, 0.05) is 17.1 Å². The maximum Gasteiger partial charge on any atom is 0.514 e. The minimum Gasteiger partial charge on any atom is -0.497 e. The Morgan fingerprint density at radius 1 is 0.622 bits per heavy atom. The fourth-order valence-corrected chi connectivity index (χ4v) is 4.81. The van der Waals surface area contributed by atoms with Gasteiger partial charge in [-0.1, -0.05) is 71.8 Å². The van der Waals surface area contributed by atoms with Crippen molar-refractivity contribution in [3.8, 4) is 11.5 Å². The van der Waals surface area contributed by atoms with Gasteiger partial charge < -0.3 is 19.1 Å². The molecule has 0 heterocycles. The standard InChI is InChI=1S/C39H35NO5/c1-27-5-15-33(16-6-27)40(34-17-7-28(2)8-18-34)35-19-9-30(10-20-35)25-38(31-11-21-36(43-4)22-12-31)32-13-23-37(24-14-32)45-39(42)44-26-29(3)41/h5-25H,26H2,1-4H3. The molecule has 0 atom stereocenters. The van der Waals surface area contributed by atoms with Crippen LogP contribution in [0.25, 0.3) is 11.6 Å². The van der Waals surface area contributed by atoms with Crippen LogP contribution in [0, 0.1) is 13.8 Å². The summed E-state index contributed by atoms with van der Waals surface area (Å²) < 4.78 is 15.4. The second kappa shape index (κ2) is 14.2. The molecule has 0 fully saturated rings. The van der Waals surface area contributed by atoms with E-state index in [4.69, 9.17) is 14.2 Å². The van der Waals surface area contributed by atoms with Gasteiger partial charge in [0.2, 0.25) is 0 Å². The van der Waals surface area contributed by atoms with Gasteiger partial charge in [0.1, 0.15) is 11.5 Å². The van der Waals surface area contributed by atoms with E-state index in [1.807, 2.05) is 36.4 Å². The van der Waals surface area contributed by atoms with Crippen molar-refractivity contribution in [3.63, 3.8) is 0 Å². The molecule has 6 nitrogen and oxygen atoms in total. The molecule has 0 saturated heterocycles. The molecule has 0 aliphatic rings. The fourth-order valence-electron chi connectivity index (χ4n) is 4.81. The number of nitrogens with zero attached hydrogens (tertiary/aromatic N) is 1. The average molecular weight is 598 g/mol. The number of ketones is 1. The number of hydrogen-bond donors (Lipinski definition) is 0. The lowest BCUT2D eigenvalue weighted by atomic mass is 9.95. The first-order valence-electron chi connectivity index (χ1n) is 14.6. The Balaban J connectivity index is 1.47. The summed E-state index contributed by atoms with van der Waals surface area (Å²) in [4.78, 5) is 25.3. The number of hydrogen-bond acceptors (Lipinski definition) is 6. The number of rotatable bonds is 10. The zero-order valence-electron chi connectivity index (χ0n) is 25.8. The molecule has 0 amide bonds. The van der Waals surface area contributed by atoms with Crippen LogP contribution in [0.2, 0.25) is 0 Å². The summed E-state index contributed by atoms with van der Waals surface area (Å²) >= 11 is 0. The highest BCUT2D eigenvalue weighted by atomic mass is 16.7. The number of methoxy groups -OCH3 is 1. The van der Waals surface area contributed by atoms with Crippen LogP contribution in [-0.2, 0) is 9.53 Å². The molecule has 226 valence electrons. The van der Waals surface area contributed by atoms with Crippen molar-refractivity contribution in [2.75, 3.05) is 18.6 Å². The molecule has 0 saturated carbocycles. The predicted octanol–water partition coefficient (Wildman–Crippen LogP) is 9.48. The minimum absolute atomic E-state index is 0.261. The minimum atomic E-state index is -0.922. The molecule has 45 heavy (non-hydrogen) atoms. The number of benzene rings is 5. The van der Waals surface area contributed by atoms with Gasteiger partial charge in [-0.05, 0) is 110 Å². The predicted molar refractivity (Wildman–Crippen MR) is 180 cm³/mol. The van der Waals surface area contributed by atoms with Crippen LogP contribution in [0.3, 0.4) is 0 Å². The van der Waals surface area contributed by atoms with E-state index in [1.54, 1.807) is 19.2 Å². The lowest BCUT2D eigenvalue weighted by molar-refractivity contribution is -0.120. The van der Waals surface area contributed by atoms with Crippen molar-refractivity contribution < 1.29 is 23.8 Å². The maximum atomic E-state index is 11.9. The molecule has 0 bridgehead atoms. The van der Waals surface area contributed by atoms with Gasteiger partial charge in [-0.2, -0.15) is 0 Å². The van der Waals surface area contributed by atoms with Crippen molar-refractivity contribution >= 4 is 40.6 Å². The summed E-state index contributed by atoms with van der Waals surface area (Å²) in [5, 5.41) is 0. The highest BCUT2D eigenvalue weighted by molar-refractivity contribution is 5.92. The lowest BCUT2D eigenvalue weighted by Crippen LogP contribution is -2.15. The summed E-state index contributed by atoms with van der Waals surface area (Å²) in [6.45, 7) is 5.19. The van der Waals surface area contributed by atoms with Crippen LogP contribution < -0.4 is 14.4 Å². The Labute approximate surface area is 264 Å². The Hall–Kier alpha value is -5.62. The van der Waals surface area contributed by atoms with Crippen LogP contribution in [0.5, 0.6) is 11.5 Å². The van der Waals surface area contributed by atoms with Crippen molar-refractivity contribution in [2.45, 2.75) is 20.8 Å². The van der Waals surface area contributed by atoms with E-state index in [0.717, 1.165) is 45.1 Å². The second-order valence-corrected chi connectivity index (χ2v) is 10.8. The molecule has 5 aromatic carbocycles. The fraction of sp³-hybridized carbons (Fsp3) is 0.128. The van der Waals surface area contributed by atoms with E-state index in [0.29, 0.717) is 5.75 Å². The molecule has 0 unspecified atom stereocenters. The third kappa shape index (κ3) is 8.06. The van der Waals surface area contributed by atoms with Crippen molar-refractivity contribution in [1.29, 1.82) is 0 Å². The number of ether oxygens (including phenoxy) is 3. The summed E-state index contributed by atoms with van der Waals surface area (Å²) in [5.41, 5.74) is 9.55. The van der Waals surface area contributed by atoms with Gasteiger partial charge in [-0.3, -0.25) is 4.79 Å². The van der Waals surface area contributed by atoms with E-state index in [1.165, 1.54) is 18.1 Å². The molecular weight excluding hydrogens is 562 g/mol. The highest BCUT2D eigenvalue weighted by Crippen LogP contribution is 2.36. The second-order valence-electron chi connectivity index (χ2n) is 10.8. The van der Waals surface area contributed by atoms with Gasteiger partial charge in [0.15, 0.2) is 12.4 Å². The molecule has 5 rings (SSSR count). The van der Waals surface area contributed by atoms with Crippen molar-refractivity contribution in [2.24, 2.45) is 0 Å². The monoisotopic (exact) mass is 597 g/mol. The first-order chi connectivity index (χ1) is 21.8. The quantitative estimate of drug-likeness (QED) is 0.0908. The zero-order valence-corrected chi connectivity index (χ0v) is 25.8. The summed E-state index contributed by atoms with van der Waals surface area (Å²) in [6, 6.07) is 40.6. The van der Waals surface area contributed by atoms with Gasteiger partial charge in [0.05, 0.1) is 7.11 Å². The van der Waals surface area contributed by atoms with E-state index < -0.39 is 6.16 Å². The van der Waals surface area contributed by atoms with Gasteiger partial charge in [-0.25, -0.2) is 4.79 Å². The van der Waals surface area contributed by atoms with Crippen molar-refractivity contribution in [1.82, 2.24) is 0 Å². The molecule has 0 N–H and O–H groups in total. The highest BCUT2D eigenvalue weighted by Gasteiger charge is 2.14. The van der Waals surface area contributed by atoms with Crippen LogP contribution in [0.1, 0.15) is 34.7 Å². The molecule has 6 heteroatoms. The zero-order chi connectivity index (χ0) is 31.8. The molecule has 0 aromatic heterocycles. The summed E-state index contributed by atoms with van der Waals surface area (Å²) in [6.07, 6.45) is 1.21. The Morgan fingerprint density at radius 3 is 1.51 bits per heavy atom. The Kier molecular flexibility index (Phi) is 9.75. The SMILES string of the molecule is COc1ccc(C(=Cc2ccc(N(c3ccc(C)cc3)c3ccc(C)cc3)cc2)c2ccc(OC(=O)OCC(C)=O)cc2)cc1. The van der Waals surface area contributed by atoms with Crippen LogP contribution >= 0.6 is 0 Å². The largest absolute Gasteiger partial charge is 0.514 e. The molecular formula is C39H35NO5. The number of carbonyl (C=O) groups is 2. The Bertz CT molecular complexity index is 1730. The first kappa shape index (κ1) is 30.8. The third-order valence-corrected chi connectivity index (χ3v) is 7.21. The molecule has 0 radical (unpaired) electrons. The van der Waals surface area contributed by atoms with Gasteiger partial charge in [0.25, 0.3) is 0 Å². The van der Waals surface area contributed by atoms with E-state index in [-0.39, 0.29) is 12.4 Å². The van der Waals surface area contributed by atoms with Crippen LogP contribution in [0.15, 0.2) is 121 Å². The van der Waals surface area contributed by atoms with Gasteiger partial charge >= 0.3 is 6.16 Å². The molecule has 0 aliphatic heterocycles. The molecule has 0 spiro atoms. The van der Waals surface area contributed by atoms with E-state index in [9.17, 15) is 9.59 Å². The molecule has 5 aromatic rings. The normalized spacial score (nSPS) is 11.1.